The molecule has 0 saturated carbocycles. The van der Waals surface area contributed by atoms with Crippen molar-refractivity contribution in [1.29, 1.82) is 0 Å². The number of halogens is 2. The van der Waals surface area contributed by atoms with Gasteiger partial charge in [-0.3, -0.25) is 4.98 Å². The fourth-order valence-electron chi connectivity index (χ4n) is 0.706. The highest BCUT2D eigenvalue weighted by atomic mass is 127. The van der Waals surface area contributed by atoms with Crippen LogP contribution in [0.25, 0.3) is 0 Å². The number of aromatic nitrogens is 1. The molecule has 1 nitrogen and oxygen atoms in total. The first-order valence-corrected chi connectivity index (χ1v) is 4.11. The van der Waals surface area contributed by atoms with Gasteiger partial charge in [-0.05, 0) is 34.6 Å². The molecule has 0 atom stereocenters. The molecular formula is C7H7FIN. The number of aryl methyl sites for hydroxylation is 1. The second-order valence-electron chi connectivity index (χ2n) is 1.95. The van der Waals surface area contributed by atoms with E-state index >= 15 is 0 Å². The lowest BCUT2D eigenvalue weighted by Crippen LogP contribution is -1.91. The SMILES string of the molecule is CCc1cncc(F)c1I. The zero-order valence-corrected chi connectivity index (χ0v) is 7.72. The predicted molar refractivity (Wildman–Crippen MR) is 46.3 cm³/mol. The minimum Gasteiger partial charge on any atom is -0.261 e. The molecule has 54 valence electrons. The quantitative estimate of drug-likeness (QED) is 0.698. The highest BCUT2D eigenvalue weighted by molar-refractivity contribution is 14.1. The average molecular weight is 251 g/mol. The smallest absolute Gasteiger partial charge is 0.155 e. The van der Waals surface area contributed by atoms with Crippen LogP contribution in [0, 0.1) is 9.39 Å². The number of hydrogen-bond donors (Lipinski definition) is 0. The van der Waals surface area contributed by atoms with Gasteiger partial charge in [0.25, 0.3) is 0 Å². The summed E-state index contributed by atoms with van der Waals surface area (Å²) in [5, 5.41) is 0. The number of nitrogens with zero attached hydrogens (tertiary/aromatic N) is 1. The lowest BCUT2D eigenvalue weighted by Gasteiger charge is -1.98. The summed E-state index contributed by atoms with van der Waals surface area (Å²) in [7, 11) is 0. The fourth-order valence-corrected chi connectivity index (χ4v) is 1.37. The Labute approximate surface area is 72.8 Å². The Hall–Kier alpha value is -0.190. The lowest BCUT2D eigenvalue weighted by molar-refractivity contribution is 0.610. The maximum atomic E-state index is 12.7. The third kappa shape index (κ3) is 1.45. The van der Waals surface area contributed by atoms with Gasteiger partial charge < -0.3 is 0 Å². The van der Waals surface area contributed by atoms with Crippen molar-refractivity contribution in [2.24, 2.45) is 0 Å². The van der Waals surface area contributed by atoms with Crippen LogP contribution in [0.4, 0.5) is 4.39 Å². The van der Waals surface area contributed by atoms with Gasteiger partial charge in [-0.1, -0.05) is 6.92 Å². The summed E-state index contributed by atoms with van der Waals surface area (Å²) in [5.74, 6) is -0.222. The summed E-state index contributed by atoms with van der Waals surface area (Å²) in [5.41, 5.74) is 0.973. The molecule has 1 heterocycles. The van der Waals surface area contributed by atoms with Gasteiger partial charge in [0.05, 0.1) is 9.77 Å². The maximum absolute atomic E-state index is 12.7. The molecule has 1 aromatic rings. The first kappa shape index (κ1) is 7.91. The second kappa shape index (κ2) is 3.27. The van der Waals surface area contributed by atoms with Crippen molar-refractivity contribution in [2.45, 2.75) is 13.3 Å². The standard InChI is InChI=1S/C7H7FIN/c1-2-5-3-10-4-6(8)7(5)9/h3-4H,2H2,1H3. The topological polar surface area (TPSA) is 12.9 Å². The minimum absolute atomic E-state index is 0.222. The van der Waals surface area contributed by atoms with Crippen LogP contribution in [-0.2, 0) is 6.42 Å². The van der Waals surface area contributed by atoms with Crippen molar-refractivity contribution in [3.05, 3.63) is 27.3 Å². The average Bonchev–Trinajstić information content (AvgIpc) is 1.95. The van der Waals surface area contributed by atoms with E-state index in [0.29, 0.717) is 3.57 Å². The molecule has 0 saturated heterocycles. The first-order chi connectivity index (χ1) is 4.75. The van der Waals surface area contributed by atoms with Crippen molar-refractivity contribution in [3.8, 4) is 0 Å². The van der Waals surface area contributed by atoms with Gasteiger partial charge in [-0.15, -0.1) is 0 Å². The monoisotopic (exact) mass is 251 g/mol. The Morgan fingerprint density at radius 2 is 2.30 bits per heavy atom. The minimum atomic E-state index is -0.222. The van der Waals surface area contributed by atoms with E-state index in [0.717, 1.165) is 12.0 Å². The van der Waals surface area contributed by atoms with Crippen molar-refractivity contribution in [3.63, 3.8) is 0 Å². The molecule has 1 rings (SSSR count). The van der Waals surface area contributed by atoms with E-state index in [2.05, 4.69) is 4.98 Å². The first-order valence-electron chi connectivity index (χ1n) is 3.03. The van der Waals surface area contributed by atoms with Gasteiger partial charge in [-0.25, -0.2) is 4.39 Å². The van der Waals surface area contributed by atoms with Crippen LogP contribution in [0.5, 0.6) is 0 Å². The van der Waals surface area contributed by atoms with E-state index in [1.165, 1.54) is 6.20 Å². The van der Waals surface area contributed by atoms with E-state index in [1.807, 2.05) is 29.5 Å². The molecule has 10 heavy (non-hydrogen) atoms. The van der Waals surface area contributed by atoms with Crippen LogP contribution < -0.4 is 0 Å². The van der Waals surface area contributed by atoms with Gasteiger partial charge >= 0.3 is 0 Å². The second-order valence-corrected chi connectivity index (χ2v) is 3.03. The van der Waals surface area contributed by atoms with Gasteiger partial charge in [0.2, 0.25) is 0 Å². The van der Waals surface area contributed by atoms with Crippen molar-refractivity contribution < 1.29 is 4.39 Å². The molecule has 0 radical (unpaired) electrons. The molecule has 0 aliphatic carbocycles. The summed E-state index contributed by atoms with van der Waals surface area (Å²) in [6.45, 7) is 1.98. The normalized spacial score (nSPS) is 9.90. The fraction of sp³-hybridized carbons (Fsp3) is 0.286. The molecule has 0 amide bonds. The molecule has 0 bridgehead atoms. The number of hydrogen-bond acceptors (Lipinski definition) is 1. The zero-order chi connectivity index (χ0) is 7.56. The molecule has 0 unspecified atom stereocenters. The summed E-state index contributed by atoms with van der Waals surface area (Å²) in [6, 6.07) is 0. The van der Waals surface area contributed by atoms with E-state index in [-0.39, 0.29) is 5.82 Å². The van der Waals surface area contributed by atoms with Crippen molar-refractivity contribution in [2.75, 3.05) is 0 Å². The molecular weight excluding hydrogens is 244 g/mol. The summed E-state index contributed by atoms with van der Waals surface area (Å²) >= 11 is 1.99. The van der Waals surface area contributed by atoms with Crippen molar-refractivity contribution >= 4 is 22.6 Å². The van der Waals surface area contributed by atoms with Crippen LogP contribution in [0.2, 0.25) is 0 Å². The highest BCUT2D eigenvalue weighted by Crippen LogP contribution is 2.14. The number of pyridine rings is 1. The van der Waals surface area contributed by atoms with Crippen LogP contribution in [0.3, 0.4) is 0 Å². The third-order valence-electron chi connectivity index (χ3n) is 1.29. The van der Waals surface area contributed by atoms with Crippen LogP contribution >= 0.6 is 22.6 Å². The third-order valence-corrected chi connectivity index (χ3v) is 2.50. The van der Waals surface area contributed by atoms with Crippen LogP contribution in [0.1, 0.15) is 12.5 Å². The predicted octanol–water partition coefficient (Wildman–Crippen LogP) is 2.39. The van der Waals surface area contributed by atoms with Crippen LogP contribution in [-0.4, -0.2) is 4.98 Å². The highest BCUT2D eigenvalue weighted by Gasteiger charge is 2.02. The van der Waals surface area contributed by atoms with E-state index < -0.39 is 0 Å². The maximum Gasteiger partial charge on any atom is 0.155 e. The molecule has 0 N–H and O–H groups in total. The molecule has 1 aromatic heterocycles. The molecule has 0 spiro atoms. The lowest BCUT2D eigenvalue weighted by atomic mass is 10.2. The van der Waals surface area contributed by atoms with Gasteiger partial charge in [0, 0.05) is 6.20 Å². The van der Waals surface area contributed by atoms with E-state index in [1.54, 1.807) is 6.20 Å². The molecule has 3 heteroatoms. The summed E-state index contributed by atoms with van der Waals surface area (Å²) < 4.78 is 13.4. The Morgan fingerprint density at radius 3 is 2.80 bits per heavy atom. The summed E-state index contributed by atoms with van der Waals surface area (Å²) in [4.78, 5) is 3.74. The van der Waals surface area contributed by atoms with Crippen molar-refractivity contribution in [1.82, 2.24) is 4.98 Å². The van der Waals surface area contributed by atoms with E-state index in [9.17, 15) is 4.39 Å². The molecule has 0 aromatic carbocycles. The van der Waals surface area contributed by atoms with Gasteiger partial charge in [0.15, 0.2) is 5.82 Å². The Kier molecular flexibility index (Phi) is 2.59. The van der Waals surface area contributed by atoms with Gasteiger partial charge in [-0.2, -0.15) is 0 Å². The molecule has 0 aliphatic heterocycles. The Morgan fingerprint density at radius 1 is 1.60 bits per heavy atom. The van der Waals surface area contributed by atoms with Gasteiger partial charge in [0.1, 0.15) is 0 Å². The summed E-state index contributed by atoms with van der Waals surface area (Å²) in [6.07, 6.45) is 3.77. The Bertz CT molecular complexity index is 237. The molecule has 0 fully saturated rings. The zero-order valence-electron chi connectivity index (χ0n) is 5.56. The largest absolute Gasteiger partial charge is 0.261 e. The van der Waals surface area contributed by atoms with E-state index in [4.69, 9.17) is 0 Å². The Balaban J connectivity index is 3.14. The number of rotatable bonds is 1. The molecule has 0 aliphatic rings. The van der Waals surface area contributed by atoms with Crippen LogP contribution in [0.15, 0.2) is 12.4 Å².